The number of carbonyl (C=O) groups is 1. The molecule has 1 N–H and O–H groups in total. The van der Waals surface area contributed by atoms with E-state index in [0.29, 0.717) is 0 Å². The van der Waals surface area contributed by atoms with Crippen molar-refractivity contribution in [1.29, 1.82) is 5.26 Å². The minimum absolute atomic E-state index is 0.0641. The van der Waals surface area contributed by atoms with Crippen molar-refractivity contribution in [3.8, 4) is 6.07 Å². The van der Waals surface area contributed by atoms with Gasteiger partial charge in [-0.15, -0.1) is 0 Å². The van der Waals surface area contributed by atoms with Gasteiger partial charge in [-0.25, -0.2) is 4.79 Å². The molecule has 0 radical (unpaired) electrons. The molecule has 2 unspecified atom stereocenters. The minimum Gasteiger partial charge on any atom is -0.445 e. The average molecular weight is 446 g/mol. The molecule has 0 aliphatic carbocycles. The summed E-state index contributed by atoms with van der Waals surface area (Å²) in [5.41, 5.74) is -2.50. The Morgan fingerprint density at radius 3 is 2.44 bits per heavy atom. The highest BCUT2D eigenvalue weighted by atomic mass is 19.4. The molecule has 2 aromatic carbocycles. The first-order chi connectivity index (χ1) is 15.2. The highest BCUT2D eigenvalue weighted by Gasteiger charge is 2.51. The fraction of sp³-hybridized carbons (Fsp3) is 0.391. The Hall–Kier alpha value is -3.09. The Kier molecular flexibility index (Phi) is 5.84. The lowest BCUT2D eigenvalue weighted by Gasteiger charge is -2.51. The lowest BCUT2D eigenvalue weighted by atomic mass is 9.75. The molecule has 168 valence electrons. The zero-order valence-corrected chi connectivity index (χ0v) is 17.0. The number of rotatable bonds is 3. The van der Waals surface area contributed by atoms with E-state index in [1.54, 1.807) is 6.07 Å². The van der Waals surface area contributed by atoms with Crippen LogP contribution in [-0.2, 0) is 27.9 Å². The van der Waals surface area contributed by atoms with Crippen LogP contribution >= 0.6 is 0 Å². The van der Waals surface area contributed by atoms with Gasteiger partial charge in [-0.3, -0.25) is 4.90 Å². The van der Waals surface area contributed by atoms with Crippen molar-refractivity contribution in [3.05, 3.63) is 70.8 Å². The van der Waals surface area contributed by atoms with Crippen LogP contribution in [0.25, 0.3) is 0 Å². The quantitative estimate of drug-likeness (QED) is 0.772. The van der Waals surface area contributed by atoms with Gasteiger partial charge in [0.25, 0.3) is 0 Å². The van der Waals surface area contributed by atoms with Gasteiger partial charge in [0.2, 0.25) is 0 Å². The minimum atomic E-state index is -4.74. The van der Waals surface area contributed by atoms with Gasteiger partial charge in [0.15, 0.2) is 0 Å². The predicted octanol–water partition coefficient (Wildman–Crippen LogP) is 3.96. The molecule has 4 rings (SSSR count). The Bertz CT molecular complexity index is 1020. The van der Waals surface area contributed by atoms with Gasteiger partial charge >= 0.3 is 12.3 Å². The molecule has 0 aromatic heterocycles. The third kappa shape index (κ3) is 4.29. The number of aliphatic hydroxyl groups is 1. The lowest BCUT2D eigenvalue weighted by Crippen LogP contribution is -2.62. The molecule has 2 fully saturated rings. The van der Waals surface area contributed by atoms with Crippen LogP contribution in [0.2, 0.25) is 0 Å². The van der Waals surface area contributed by atoms with Crippen LogP contribution in [0.15, 0.2) is 48.5 Å². The number of halogens is 3. The first-order valence-electron chi connectivity index (χ1n) is 10.1. The van der Waals surface area contributed by atoms with E-state index in [0.717, 1.165) is 17.7 Å². The summed E-state index contributed by atoms with van der Waals surface area (Å²) < 4.78 is 52.1. The van der Waals surface area contributed by atoms with Crippen LogP contribution in [0.3, 0.4) is 0 Å². The largest absolute Gasteiger partial charge is 0.445 e. The summed E-state index contributed by atoms with van der Waals surface area (Å²) in [6, 6.07) is 12.7. The number of benzene rings is 2. The van der Waals surface area contributed by atoms with Crippen LogP contribution in [0.4, 0.5) is 18.0 Å². The van der Waals surface area contributed by atoms with Crippen molar-refractivity contribution in [1.82, 2.24) is 4.90 Å². The van der Waals surface area contributed by atoms with Crippen molar-refractivity contribution < 1.29 is 32.5 Å². The number of amides is 1. The third-order valence-electron chi connectivity index (χ3n) is 5.93. The molecule has 2 heterocycles. The highest BCUT2D eigenvalue weighted by molar-refractivity contribution is 5.69. The van der Waals surface area contributed by atoms with Crippen LogP contribution < -0.4 is 0 Å². The van der Waals surface area contributed by atoms with Gasteiger partial charge in [0.1, 0.15) is 6.61 Å². The van der Waals surface area contributed by atoms with Crippen molar-refractivity contribution in [3.63, 3.8) is 0 Å². The van der Waals surface area contributed by atoms with Crippen LogP contribution in [0, 0.1) is 11.3 Å². The predicted molar refractivity (Wildman–Crippen MR) is 106 cm³/mol. The summed E-state index contributed by atoms with van der Waals surface area (Å²) in [6.07, 6.45) is -5.61. The molecule has 2 aromatic rings. The summed E-state index contributed by atoms with van der Waals surface area (Å²) in [5.74, 6) is 0. The molecule has 2 atom stereocenters. The van der Waals surface area contributed by atoms with Crippen LogP contribution in [0.5, 0.6) is 0 Å². The number of hydrogen-bond donors (Lipinski definition) is 1. The summed E-state index contributed by atoms with van der Waals surface area (Å²) in [5, 5.41) is 20.3. The third-order valence-corrected chi connectivity index (χ3v) is 5.93. The van der Waals surface area contributed by atoms with Gasteiger partial charge < -0.3 is 14.6 Å². The first kappa shape index (κ1) is 22.1. The van der Waals surface area contributed by atoms with E-state index in [4.69, 9.17) is 14.7 Å². The normalized spacial score (nSPS) is 25.2. The molecule has 2 aliphatic rings. The number of fused-ring (bicyclic) bond motifs is 2. The second kappa shape index (κ2) is 8.45. The number of morpholine rings is 1. The molecule has 2 bridgehead atoms. The van der Waals surface area contributed by atoms with Crippen molar-refractivity contribution in [2.24, 2.45) is 0 Å². The van der Waals surface area contributed by atoms with Gasteiger partial charge in [0.05, 0.1) is 48.1 Å². The van der Waals surface area contributed by atoms with Gasteiger partial charge in [-0.2, -0.15) is 18.4 Å². The zero-order chi connectivity index (χ0) is 22.9. The number of carbonyl (C=O) groups excluding carboxylic acids is 1. The van der Waals surface area contributed by atoms with Crippen molar-refractivity contribution >= 4 is 6.09 Å². The van der Waals surface area contributed by atoms with Gasteiger partial charge in [-0.05, 0) is 23.3 Å². The molecule has 6 nitrogen and oxygen atoms in total. The molecule has 2 saturated heterocycles. The molecule has 2 aliphatic heterocycles. The Morgan fingerprint density at radius 1 is 1.19 bits per heavy atom. The fourth-order valence-corrected chi connectivity index (χ4v) is 4.54. The van der Waals surface area contributed by atoms with E-state index in [-0.39, 0.29) is 43.8 Å². The summed E-state index contributed by atoms with van der Waals surface area (Å²) in [6.45, 7) is 0.225. The Morgan fingerprint density at radius 2 is 1.84 bits per heavy atom. The summed E-state index contributed by atoms with van der Waals surface area (Å²) in [7, 11) is 0. The summed E-state index contributed by atoms with van der Waals surface area (Å²) in [4.78, 5) is 14.3. The molecular weight excluding hydrogens is 425 g/mol. The number of nitrogens with zero attached hydrogens (tertiary/aromatic N) is 2. The smallest absolute Gasteiger partial charge is 0.416 e. The summed E-state index contributed by atoms with van der Waals surface area (Å²) >= 11 is 0. The van der Waals surface area contributed by atoms with Gasteiger partial charge in [0, 0.05) is 12.8 Å². The van der Waals surface area contributed by atoms with E-state index >= 15 is 0 Å². The van der Waals surface area contributed by atoms with Gasteiger partial charge in [-0.1, -0.05) is 36.4 Å². The molecule has 1 amide bonds. The zero-order valence-electron chi connectivity index (χ0n) is 17.0. The van der Waals surface area contributed by atoms with Crippen LogP contribution in [-0.4, -0.2) is 41.4 Å². The SMILES string of the molecule is N#Cc1ccc(C2(O)CC3COCC(C2)N3C(=O)OCc2ccccc2)c(C(F)(F)F)c1. The van der Waals surface area contributed by atoms with E-state index in [2.05, 4.69) is 0 Å². The molecule has 32 heavy (non-hydrogen) atoms. The number of alkyl halides is 3. The van der Waals surface area contributed by atoms with Crippen LogP contribution in [0.1, 0.15) is 35.1 Å². The highest BCUT2D eigenvalue weighted by Crippen LogP contribution is 2.46. The van der Waals surface area contributed by atoms with Crippen molar-refractivity contribution in [2.45, 2.75) is 43.3 Å². The standard InChI is InChI=1S/C23H21F3N2O4/c24-23(25,26)20-8-16(11-27)6-7-19(20)22(30)9-17-13-31-14-18(10-22)28(17)21(29)32-12-15-4-2-1-3-5-15/h1-8,17-18,30H,9-10,12-14H2. The Labute approximate surface area is 182 Å². The second-order valence-corrected chi connectivity index (χ2v) is 8.10. The lowest BCUT2D eigenvalue weighted by molar-refractivity contribution is -0.153. The van der Waals surface area contributed by atoms with E-state index in [1.807, 2.05) is 30.3 Å². The molecule has 0 spiro atoms. The van der Waals surface area contributed by atoms with E-state index in [1.165, 1.54) is 11.0 Å². The molecule has 9 heteroatoms. The maximum absolute atomic E-state index is 13.7. The molecular formula is C23H21F3N2O4. The topological polar surface area (TPSA) is 82.8 Å². The fourth-order valence-electron chi connectivity index (χ4n) is 4.54. The van der Waals surface area contributed by atoms with E-state index < -0.39 is 35.5 Å². The van der Waals surface area contributed by atoms with Crippen molar-refractivity contribution in [2.75, 3.05) is 13.2 Å². The van der Waals surface area contributed by atoms with E-state index in [9.17, 15) is 23.1 Å². The Balaban J connectivity index is 1.58. The number of hydrogen-bond acceptors (Lipinski definition) is 5. The number of piperidine rings is 1. The maximum atomic E-state index is 13.7. The molecule has 0 saturated carbocycles. The number of nitriles is 1. The second-order valence-electron chi connectivity index (χ2n) is 8.10. The number of ether oxygens (including phenoxy) is 2. The first-order valence-corrected chi connectivity index (χ1v) is 10.1. The average Bonchev–Trinajstić information content (AvgIpc) is 2.76. The maximum Gasteiger partial charge on any atom is 0.416 e. The monoisotopic (exact) mass is 446 g/mol.